The first-order chi connectivity index (χ1) is 16.0. The van der Waals surface area contributed by atoms with E-state index in [4.69, 9.17) is 16.0 Å². The van der Waals surface area contributed by atoms with E-state index in [0.29, 0.717) is 11.8 Å². The number of nitro groups is 1. The van der Waals surface area contributed by atoms with Gasteiger partial charge in [-0.1, -0.05) is 29.8 Å². The maximum absolute atomic E-state index is 13.1. The highest BCUT2D eigenvalue weighted by molar-refractivity contribution is 6.31. The molecule has 0 radical (unpaired) electrons. The van der Waals surface area contributed by atoms with Gasteiger partial charge < -0.3 is 14.6 Å². The Morgan fingerprint density at radius 1 is 1.12 bits per heavy atom. The molecule has 0 saturated carbocycles. The van der Waals surface area contributed by atoms with Crippen LogP contribution in [0.2, 0.25) is 5.02 Å². The molecule has 8 nitrogen and oxygen atoms in total. The van der Waals surface area contributed by atoms with Gasteiger partial charge in [-0.3, -0.25) is 19.7 Å². The molecule has 0 atom stereocenters. The number of hydrogen-bond donors (Lipinski definition) is 1. The molecular formula is C22H17ClF3N3O5. The predicted molar refractivity (Wildman–Crippen MR) is 116 cm³/mol. The third-order valence-electron chi connectivity index (χ3n) is 4.70. The molecule has 1 heterocycles. The van der Waals surface area contributed by atoms with Crippen molar-refractivity contribution in [1.82, 2.24) is 4.90 Å². The number of halogens is 4. The van der Waals surface area contributed by atoms with Gasteiger partial charge in [-0.05, 0) is 30.3 Å². The Kier molecular flexibility index (Phi) is 7.57. The number of alkyl halides is 3. The first-order valence-electron chi connectivity index (χ1n) is 9.73. The number of rotatable bonds is 8. The molecule has 0 saturated heterocycles. The zero-order valence-electron chi connectivity index (χ0n) is 17.3. The molecule has 0 spiro atoms. The minimum absolute atomic E-state index is 0.131. The standard InChI is InChI=1S/C22H17ClF3N3O5/c23-18-8-7-15(11-17(18)22(24,25)26)27-20(30)13-28(12-16-5-3-9-34-16)21(31)10-14-4-1-2-6-19(14)29(32)33/h1-9,11H,10,12-13H2,(H,27,30). The van der Waals surface area contributed by atoms with Crippen LogP contribution in [0, 0.1) is 10.1 Å². The van der Waals surface area contributed by atoms with Gasteiger partial charge in [-0.15, -0.1) is 0 Å². The second-order valence-electron chi connectivity index (χ2n) is 7.13. The lowest BCUT2D eigenvalue weighted by molar-refractivity contribution is -0.385. The fourth-order valence-corrected chi connectivity index (χ4v) is 3.35. The van der Waals surface area contributed by atoms with Crippen molar-refractivity contribution in [3.8, 4) is 0 Å². The normalized spacial score (nSPS) is 11.2. The number of nitrogens with zero attached hydrogens (tertiary/aromatic N) is 2. The van der Waals surface area contributed by atoms with Crippen molar-refractivity contribution in [2.75, 3.05) is 11.9 Å². The number of furan rings is 1. The van der Waals surface area contributed by atoms with E-state index in [-0.39, 0.29) is 29.9 Å². The van der Waals surface area contributed by atoms with Crippen molar-refractivity contribution >= 4 is 34.8 Å². The average molecular weight is 496 g/mol. The summed E-state index contributed by atoms with van der Waals surface area (Å²) in [6, 6.07) is 11.7. The summed E-state index contributed by atoms with van der Waals surface area (Å²) in [6.45, 7) is -0.668. The van der Waals surface area contributed by atoms with Gasteiger partial charge in [0, 0.05) is 17.3 Å². The summed E-state index contributed by atoms with van der Waals surface area (Å²) in [5, 5.41) is 13.0. The lowest BCUT2D eigenvalue weighted by Gasteiger charge is -2.21. The number of nitrogens with one attached hydrogen (secondary N) is 1. The van der Waals surface area contributed by atoms with Crippen LogP contribution < -0.4 is 5.32 Å². The predicted octanol–water partition coefficient (Wildman–Crippen LogP) is 5.07. The Morgan fingerprint density at radius 3 is 2.50 bits per heavy atom. The Hall–Kier alpha value is -3.86. The third-order valence-corrected chi connectivity index (χ3v) is 5.03. The van der Waals surface area contributed by atoms with Crippen molar-refractivity contribution < 1.29 is 32.1 Å². The van der Waals surface area contributed by atoms with Crippen LogP contribution in [0.25, 0.3) is 0 Å². The molecule has 12 heteroatoms. The van der Waals surface area contributed by atoms with Gasteiger partial charge in [0.15, 0.2) is 0 Å². The number of carbonyl (C=O) groups excluding carboxylic acids is 2. The minimum atomic E-state index is -4.72. The van der Waals surface area contributed by atoms with Crippen LogP contribution in [-0.2, 0) is 28.7 Å². The number of amides is 2. The fraction of sp³-hybridized carbons (Fsp3) is 0.182. The molecule has 178 valence electrons. The summed E-state index contributed by atoms with van der Waals surface area (Å²) in [6.07, 6.45) is -3.72. The SMILES string of the molecule is O=C(CN(Cc1ccco1)C(=O)Cc1ccccc1[N+](=O)[O-])Nc1ccc(Cl)c(C(F)(F)F)c1. The van der Waals surface area contributed by atoms with E-state index < -0.39 is 40.0 Å². The van der Waals surface area contributed by atoms with Gasteiger partial charge in [0.1, 0.15) is 12.3 Å². The van der Waals surface area contributed by atoms with E-state index in [1.165, 1.54) is 36.6 Å². The lowest BCUT2D eigenvalue weighted by Crippen LogP contribution is -2.38. The molecule has 2 amide bonds. The molecule has 0 unspecified atom stereocenters. The van der Waals surface area contributed by atoms with E-state index in [1.54, 1.807) is 12.1 Å². The molecular weight excluding hydrogens is 479 g/mol. The zero-order valence-corrected chi connectivity index (χ0v) is 18.1. The fourth-order valence-electron chi connectivity index (χ4n) is 3.13. The summed E-state index contributed by atoms with van der Waals surface area (Å²) >= 11 is 5.59. The largest absolute Gasteiger partial charge is 0.467 e. The Bertz CT molecular complexity index is 1200. The van der Waals surface area contributed by atoms with E-state index in [0.717, 1.165) is 11.0 Å². The Balaban J connectivity index is 1.78. The van der Waals surface area contributed by atoms with Gasteiger partial charge in [0.25, 0.3) is 5.69 Å². The minimum Gasteiger partial charge on any atom is -0.467 e. The molecule has 1 aromatic heterocycles. The van der Waals surface area contributed by atoms with Crippen LogP contribution >= 0.6 is 11.6 Å². The Labute approximate surface area is 196 Å². The first-order valence-corrected chi connectivity index (χ1v) is 10.1. The van der Waals surface area contributed by atoms with Gasteiger partial charge >= 0.3 is 6.18 Å². The van der Waals surface area contributed by atoms with Crippen LogP contribution in [0.5, 0.6) is 0 Å². The monoisotopic (exact) mass is 495 g/mol. The maximum Gasteiger partial charge on any atom is 0.417 e. The second-order valence-corrected chi connectivity index (χ2v) is 7.54. The van der Waals surface area contributed by atoms with Crippen LogP contribution in [0.4, 0.5) is 24.5 Å². The molecule has 0 aliphatic heterocycles. The molecule has 0 aliphatic carbocycles. The zero-order chi connectivity index (χ0) is 24.9. The summed E-state index contributed by atoms with van der Waals surface area (Å²) in [7, 11) is 0. The van der Waals surface area contributed by atoms with Crippen LogP contribution in [-0.4, -0.2) is 28.2 Å². The quantitative estimate of drug-likeness (QED) is 0.347. The van der Waals surface area contributed by atoms with Crippen molar-refractivity contribution in [3.05, 3.63) is 92.9 Å². The van der Waals surface area contributed by atoms with Crippen molar-refractivity contribution in [3.63, 3.8) is 0 Å². The smallest absolute Gasteiger partial charge is 0.417 e. The highest BCUT2D eigenvalue weighted by Gasteiger charge is 2.33. The molecule has 3 aromatic rings. The van der Waals surface area contributed by atoms with Gasteiger partial charge in [0.05, 0.1) is 34.7 Å². The van der Waals surface area contributed by atoms with Gasteiger partial charge in [-0.2, -0.15) is 13.2 Å². The second kappa shape index (κ2) is 10.4. The van der Waals surface area contributed by atoms with E-state index >= 15 is 0 Å². The Morgan fingerprint density at radius 2 is 1.85 bits per heavy atom. The molecule has 34 heavy (non-hydrogen) atoms. The highest BCUT2D eigenvalue weighted by Crippen LogP contribution is 2.36. The summed E-state index contributed by atoms with van der Waals surface area (Å²) in [5.41, 5.74) is -1.38. The van der Waals surface area contributed by atoms with Gasteiger partial charge in [0.2, 0.25) is 11.8 Å². The van der Waals surface area contributed by atoms with E-state index in [2.05, 4.69) is 5.32 Å². The van der Waals surface area contributed by atoms with Crippen molar-refractivity contribution in [2.45, 2.75) is 19.1 Å². The number of para-hydroxylation sites is 1. The van der Waals surface area contributed by atoms with E-state index in [9.17, 15) is 32.9 Å². The molecule has 0 aliphatic rings. The maximum atomic E-state index is 13.1. The molecule has 3 rings (SSSR count). The number of hydrogen-bond acceptors (Lipinski definition) is 5. The van der Waals surface area contributed by atoms with Crippen LogP contribution in [0.15, 0.2) is 65.3 Å². The topological polar surface area (TPSA) is 106 Å². The molecule has 2 aromatic carbocycles. The van der Waals surface area contributed by atoms with Gasteiger partial charge in [-0.25, -0.2) is 0 Å². The van der Waals surface area contributed by atoms with Crippen molar-refractivity contribution in [2.24, 2.45) is 0 Å². The number of anilines is 1. The molecule has 0 bridgehead atoms. The van der Waals surface area contributed by atoms with Crippen molar-refractivity contribution in [1.29, 1.82) is 0 Å². The number of nitro benzene ring substituents is 1. The molecule has 1 N–H and O–H groups in total. The first kappa shape index (κ1) is 24.8. The average Bonchev–Trinajstić information content (AvgIpc) is 3.27. The summed E-state index contributed by atoms with van der Waals surface area (Å²) in [5.74, 6) is -1.06. The summed E-state index contributed by atoms with van der Waals surface area (Å²) < 4.78 is 44.5. The van der Waals surface area contributed by atoms with E-state index in [1.807, 2.05) is 0 Å². The third kappa shape index (κ3) is 6.35. The number of carbonyl (C=O) groups is 2. The lowest BCUT2D eigenvalue weighted by atomic mass is 10.1. The van der Waals surface area contributed by atoms with Crippen LogP contribution in [0.1, 0.15) is 16.9 Å². The molecule has 0 fully saturated rings. The summed E-state index contributed by atoms with van der Waals surface area (Å²) in [4.78, 5) is 37.2. The van der Waals surface area contributed by atoms with Crippen LogP contribution in [0.3, 0.4) is 0 Å². The highest BCUT2D eigenvalue weighted by atomic mass is 35.5. The number of benzene rings is 2.